The van der Waals surface area contributed by atoms with Crippen molar-refractivity contribution in [3.8, 4) is 0 Å². The molecule has 0 radical (unpaired) electrons. The SMILES string of the molecule is CCn1nnc2c(C)c(C(CC(=O)O)c3ccc4c(c3)CN(C(=O)c3ncccn3)CC4)ccc21. The predicted octanol–water partition coefficient (Wildman–Crippen LogP) is 3.35. The monoisotopic (exact) mass is 470 g/mol. The lowest BCUT2D eigenvalue weighted by Crippen LogP contribution is -2.37. The van der Waals surface area contributed by atoms with Crippen molar-refractivity contribution in [3.63, 3.8) is 0 Å². The molecule has 9 nitrogen and oxygen atoms in total. The number of hydrogen-bond acceptors (Lipinski definition) is 6. The Kier molecular flexibility index (Phi) is 5.98. The Hall–Kier alpha value is -4.14. The van der Waals surface area contributed by atoms with E-state index in [1.165, 1.54) is 5.56 Å². The van der Waals surface area contributed by atoms with Gasteiger partial charge in [0, 0.05) is 37.9 Å². The molecule has 1 aliphatic heterocycles. The van der Waals surface area contributed by atoms with E-state index in [-0.39, 0.29) is 24.1 Å². The van der Waals surface area contributed by atoms with E-state index >= 15 is 0 Å². The van der Waals surface area contributed by atoms with Gasteiger partial charge in [-0.3, -0.25) is 9.59 Å². The number of carbonyl (C=O) groups excluding carboxylic acids is 1. The molecule has 1 amide bonds. The number of benzene rings is 2. The first kappa shape index (κ1) is 22.6. The molecule has 0 bridgehead atoms. The molecular weight excluding hydrogens is 444 g/mol. The van der Waals surface area contributed by atoms with Crippen LogP contribution in [0.4, 0.5) is 0 Å². The smallest absolute Gasteiger partial charge is 0.304 e. The van der Waals surface area contributed by atoms with Crippen molar-refractivity contribution in [3.05, 3.63) is 82.4 Å². The lowest BCUT2D eigenvalue weighted by molar-refractivity contribution is -0.137. The van der Waals surface area contributed by atoms with Crippen LogP contribution < -0.4 is 0 Å². The van der Waals surface area contributed by atoms with E-state index < -0.39 is 5.97 Å². The van der Waals surface area contributed by atoms with Gasteiger partial charge < -0.3 is 10.0 Å². The number of aliphatic carboxylic acids is 1. The molecule has 0 spiro atoms. The summed E-state index contributed by atoms with van der Waals surface area (Å²) in [5, 5.41) is 18.3. The first-order chi connectivity index (χ1) is 17.0. The zero-order chi connectivity index (χ0) is 24.5. The number of carbonyl (C=O) groups is 2. The van der Waals surface area contributed by atoms with Crippen LogP contribution in [-0.2, 0) is 24.3 Å². The molecule has 4 aromatic rings. The Labute approximate surface area is 202 Å². The highest BCUT2D eigenvalue weighted by atomic mass is 16.4. The zero-order valence-corrected chi connectivity index (χ0v) is 19.7. The minimum absolute atomic E-state index is 0.0481. The maximum absolute atomic E-state index is 12.9. The minimum atomic E-state index is -0.873. The predicted molar refractivity (Wildman–Crippen MR) is 129 cm³/mol. The van der Waals surface area contributed by atoms with Gasteiger partial charge >= 0.3 is 5.97 Å². The summed E-state index contributed by atoms with van der Waals surface area (Å²) < 4.78 is 1.83. The van der Waals surface area contributed by atoms with Crippen LogP contribution in [0.1, 0.15) is 57.7 Å². The lowest BCUT2D eigenvalue weighted by Gasteiger charge is -2.29. The highest BCUT2D eigenvalue weighted by Crippen LogP contribution is 2.35. The molecule has 1 N–H and O–H groups in total. The van der Waals surface area contributed by atoms with E-state index in [1.54, 1.807) is 23.4 Å². The number of nitrogens with zero attached hydrogens (tertiary/aromatic N) is 6. The van der Waals surface area contributed by atoms with Gasteiger partial charge in [-0.05, 0) is 60.2 Å². The number of aryl methyl sites for hydroxylation is 2. The number of aromatic nitrogens is 5. The van der Waals surface area contributed by atoms with E-state index in [1.807, 2.05) is 42.8 Å². The molecule has 0 fully saturated rings. The average Bonchev–Trinajstić information content (AvgIpc) is 3.31. The van der Waals surface area contributed by atoms with Gasteiger partial charge in [0.05, 0.1) is 11.9 Å². The van der Waals surface area contributed by atoms with Crippen LogP contribution in [0.25, 0.3) is 11.0 Å². The van der Waals surface area contributed by atoms with Gasteiger partial charge in [-0.25, -0.2) is 14.6 Å². The van der Waals surface area contributed by atoms with Gasteiger partial charge in [-0.1, -0.05) is 29.5 Å². The second-order valence-electron chi connectivity index (χ2n) is 8.78. The average molecular weight is 471 g/mol. The fourth-order valence-electron chi connectivity index (χ4n) is 4.89. The quantitative estimate of drug-likeness (QED) is 0.460. The Morgan fingerprint density at radius 3 is 2.66 bits per heavy atom. The first-order valence-electron chi connectivity index (χ1n) is 11.7. The van der Waals surface area contributed by atoms with Crippen molar-refractivity contribution in [2.24, 2.45) is 0 Å². The van der Waals surface area contributed by atoms with E-state index in [2.05, 4.69) is 26.3 Å². The summed E-state index contributed by atoms with van der Waals surface area (Å²) in [6, 6.07) is 11.7. The molecule has 0 saturated carbocycles. The number of amides is 1. The van der Waals surface area contributed by atoms with Gasteiger partial charge in [-0.15, -0.1) is 5.10 Å². The fourth-order valence-corrected chi connectivity index (χ4v) is 4.89. The van der Waals surface area contributed by atoms with Crippen LogP contribution in [0.5, 0.6) is 0 Å². The molecule has 1 unspecified atom stereocenters. The van der Waals surface area contributed by atoms with Crippen molar-refractivity contribution in [1.82, 2.24) is 29.9 Å². The molecule has 0 aliphatic carbocycles. The van der Waals surface area contributed by atoms with Crippen LogP contribution in [0, 0.1) is 6.92 Å². The summed E-state index contributed by atoms with van der Waals surface area (Å²) >= 11 is 0. The van der Waals surface area contributed by atoms with Crippen molar-refractivity contribution < 1.29 is 14.7 Å². The van der Waals surface area contributed by atoms with Crippen LogP contribution in [0.15, 0.2) is 48.8 Å². The maximum atomic E-state index is 12.9. The third-order valence-electron chi connectivity index (χ3n) is 6.73. The van der Waals surface area contributed by atoms with Crippen molar-refractivity contribution >= 4 is 22.9 Å². The summed E-state index contributed by atoms with van der Waals surface area (Å²) in [4.78, 5) is 34.7. The van der Waals surface area contributed by atoms with Crippen molar-refractivity contribution in [2.75, 3.05) is 6.54 Å². The van der Waals surface area contributed by atoms with E-state index in [4.69, 9.17) is 0 Å². The Morgan fingerprint density at radius 1 is 1.11 bits per heavy atom. The van der Waals surface area contributed by atoms with Crippen LogP contribution >= 0.6 is 0 Å². The number of hydrogen-bond donors (Lipinski definition) is 1. The van der Waals surface area contributed by atoms with Gasteiger partial charge in [0.2, 0.25) is 5.82 Å². The number of carboxylic acid groups (broad SMARTS) is 1. The molecule has 2 aromatic heterocycles. The van der Waals surface area contributed by atoms with Crippen LogP contribution in [-0.4, -0.2) is 53.4 Å². The summed E-state index contributed by atoms with van der Waals surface area (Å²) in [5.41, 5.74) is 6.67. The highest BCUT2D eigenvalue weighted by Gasteiger charge is 2.26. The Balaban J connectivity index is 1.50. The summed E-state index contributed by atoms with van der Waals surface area (Å²) in [6.07, 6.45) is 3.80. The first-order valence-corrected chi connectivity index (χ1v) is 11.7. The van der Waals surface area contributed by atoms with Gasteiger partial charge in [0.15, 0.2) is 0 Å². The Morgan fingerprint density at radius 2 is 1.91 bits per heavy atom. The zero-order valence-electron chi connectivity index (χ0n) is 19.7. The van der Waals surface area contributed by atoms with Crippen molar-refractivity contribution in [2.45, 2.75) is 45.7 Å². The van der Waals surface area contributed by atoms with E-state index in [0.717, 1.165) is 39.7 Å². The molecule has 2 aromatic carbocycles. The van der Waals surface area contributed by atoms with Crippen LogP contribution in [0.3, 0.4) is 0 Å². The number of fused-ring (bicyclic) bond motifs is 2. The third-order valence-corrected chi connectivity index (χ3v) is 6.73. The number of rotatable bonds is 6. The molecule has 35 heavy (non-hydrogen) atoms. The second-order valence-corrected chi connectivity index (χ2v) is 8.78. The summed E-state index contributed by atoms with van der Waals surface area (Å²) in [7, 11) is 0. The van der Waals surface area contributed by atoms with E-state index in [0.29, 0.717) is 19.6 Å². The molecular formula is C26H26N6O3. The molecule has 1 aliphatic rings. The standard InChI is InChI=1S/C26H26N6O3/c1-3-32-22-8-7-20(16(2)24(22)29-30-32)21(14-23(33)34)18-6-5-17-9-12-31(15-19(17)13-18)26(35)25-27-10-4-11-28-25/h4-8,10-11,13,21H,3,9,12,14-15H2,1-2H3,(H,33,34). The molecule has 0 saturated heterocycles. The van der Waals surface area contributed by atoms with Crippen molar-refractivity contribution in [1.29, 1.82) is 0 Å². The molecule has 178 valence electrons. The van der Waals surface area contributed by atoms with Gasteiger partial charge in [0.1, 0.15) is 5.52 Å². The molecule has 3 heterocycles. The number of carboxylic acids is 1. The minimum Gasteiger partial charge on any atom is -0.481 e. The second kappa shape index (κ2) is 9.25. The van der Waals surface area contributed by atoms with Gasteiger partial charge in [-0.2, -0.15) is 0 Å². The van der Waals surface area contributed by atoms with Gasteiger partial charge in [0.25, 0.3) is 5.91 Å². The molecule has 1 atom stereocenters. The maximum Gasteiger partial charge on any atom is 0.304 e. The third kappa shape index (κ3) is 4.25. The Bertz CT molecular complexity index is 1420. The van der Waals surface area contributed by atoms with E-state index in [9.17, 15) is 14.7 Å². The molecule has 9 heteroatoms. The normalized spacial score (nSPS) is 14.1. The van der Waals surface area contributed by atoms with Crippen LogP contribution in [0.2, 0.25) is 0 Å². The largest absolute Gasteiger partial charge is 0.481 e. The topological polar surface area (TPSA) is 114 Å². The highest BCUT2D eigenvalue weighted by molar-refractivity contribution is 5.90. The fraction of sp³-hybridized carbons (Fsp3) is 0.308. The summed E-state index contributed by atoms with van der Waals surface area (Å²) in [5.74, 6) is -1.25. The summed E-state index contributed by atoms with van der Waals surface area (Å²) in [6.45, 7) is 5.71. The molecule has 5 rings (SSSR count). The lowest BCUT2D eigenvalue weighted by atomic mass is 9.83.